The van der Waals surface area contributed by atoms with Crippen molar-refractivity contribution in [3.05, 3.63) is 40.8 Å². The molecule has 1 aromatic carbocycles. The van der Waals surface area contributed by atoms with Gasteiger partial charge in [-0.15, -0.1) is 0 Å². The lowest BCUT2D eigenvalue weighted by Crippen LogP contribution is -2.44. The lowest BCUT2D eigenvalue weighted by molar-refractivity contribution is 0.312. The topological polar surface area (TPSA) is 69.3 Å². The maximum absolute atomic E-state index is 6.31. The molecule has 1 saturated heterocycles. The van der Waals surface area contributed by atoms with Crippen LogP contribution in [0, 0.1) is 0 Å². The maximum atomic E-state index is 6.31. The zero-order valence-corrected chi connectivity index (χ0v) is 17.9. The van der Waals surface area contributed by atoms with Crippen LogP contribution in [0.4, 0.5) is 11.5 Å². The average molecular weight is 415 g/mol. The van der Waals surface area contributed by atoms with Crippen LogP contribution in [0.15, 0.2) is 24.4 Å². The molecule has 0 bridgehead atoms. The molecule has 0 aliphatic carbocycles. The highest BCUT2D eigenvalue weighted by Crippen LogP contribution is 2.30. The van der Waals surface area contributed by atoms with E-state index in [2.05, 4.69) is 50.3 Å². The molecular weight excluding hydrogens is 388 g/mol. The van der Waals surface area contributed by atoms with E-state index in [0.717, 1.165) is 60.9 Å². The van der Waals surface area contributed by atoms with Gasteiger partial charge in [-0.2, -0.15) is 0 Å². The van der Waals surface area contributed by atoms with Crippen LogP contribution in [-0.2, 0) is 6.42 Å². The summed E-state index contributed by atoms with van der Waals surface area (Å²) in [5.41, 5.74) is 3.81. The van der Waals surface area contributed by atoms with E-state index in [1.165, 1.54) is 5.69 Å². The van der Waals surface area contributed by atoms with Crippen LogP contribution >= 0.6 is 11.6 Å². The van der Waals surface area contributed by atoms with Gasteiger partial charge < -0.3 is 24.8 Å². The Hall–Kier alpha value is -2.51. The number of H-pyrrole nitrogens is 1. The molecule has 4 rings (SSSR count). The van der Waals surface area contributed by atoms with Crippen molar-refractivity contribution in [2.24, 2.45) is 0 Å². The minimum Gasteiger partial charge on any atom is -0.496 e. The number of nitrogens with zero attached hydrogens (tertiary/aromatic N) is 4. The summed E-state index contributed by atoms with van der Waals surface area (Å²) in [6.45, 7) is 7.00. The van der Waals surface area contributed by atoms with Gasteiger partial charge in [-0.05, 0) is 20.0 Å². The van der Waals surface area contributed by atoms with E-state index >= 15 is 0 Å². The summed E-state index contributed by atoms with van der Waals surface area (Å²) in [6, 6.07) is 6.40. The Labute approximate surface area is 176 Å². The van der Waals surface area contributed by atoms with E-state index in [1.54, 1.807) is 13.3 Å². The molecule has 0 radical (unpaired) electrons. The number of piperazine rings is 1. The number of halogens is 1. The molecule has 29 heavy (non-hydrogen) atoms. The molecule has 0 saturated carbocycles. The summed E-state index contributed by atoms with van der Waals surface area (Å²) < 4.78 is 5.70. The molecule has 7 nitrogen and oxygen atoms in total. The molecule has 0 atom stereocenters. The van der Waals surface area contributed by atoms with Crippen molar-refractivity contribution in [1.82, 2.24) is 19.9 Å². The van der Waals surface area contributed by atoms with E-state index in [-0.39, 0.29) is 0 Å². The summed E-state index contributed by atoms with van der Waals surface area (Å²) in [5, 5.41) is 3.89. The quantitative estimate of drug-likeness (QED) is 0.644. The van der Waals surface area contributed by atoms with Crippen LogP contribution in [0.5, 0.6) is 5.75 Å². The summed E-state index contributed by atoms with van der Waals surface area (Å²) in [7, 11) is 3.87. The molecule has 1 fully saturated rings. The normalized spacial score (nSPS) is 15.1. The van der Waals surface area contributed by atoms with Crippen LogP contribution in [0.25, 0.3) is 11.0 Å². The fraction of sp³-hybridized carbons (Fsp3) is 0.429. The molecule has 2 N–H and O–H groups in total. The number of likely N-dealkylation sites (N-methyl/N-ethyl adjacent to an activating group) is 1. The third-order valence-corrected chi connectivity index (χ3v) is 5.64. The monoisotopic (exact) mass is 414 g/mol. The number of hydrogen-bond acceptors (Lipinski definition) is 6. The Morgan fingerprint density at radius 2 is 2.00 bits per heavy atom. The number of benzene rings is 1. The number of nitrogens with one attached hydrogen (secondary N) is 2. The SMILES string of the molecule is CCNc1nc(Cc2ccc(N3CCN(C)CC3)cc2OC)nc2c(Cl)c[nH]c12. The summed E-state index contributed by atoms with van der Waals surface area (Å²) in [4.78, 5) is 17.3. The predicted molar refractivity (Wildman–Crippen MR) is 119 cm³/mol. The molecular formula is C21H27ClN6O. The molecule has 0 spiro atoms. The van der Waals surface area contributed by atoms with Crippen molar-refractivity contribution in [2.75, 3.05) is 57.1 Å². The van der Waals surface area contributed by atoms with Gasteiger partial charge in [0.1, 0.15) is 22.6 Å². The second-order valence-electron chi connectivity index (χ2n) is 7.34. The van der Waals surface area contributed by atoms with Crippen LogP contribution in [0.3, 0.4) is 0 Å². The summed E-state index contributed by atoms with van der Waals surface area (Å²) >= 11 is 6.31. The van der Waals surface area contributed by atoms with Gasteiger partial charge in [0.25, 0.3) is 0 Å². The molecule has 3 heterocycles. The second-order valence-corrected chi connectivity index (χ2v) is 7.75. The lowest BCUT2D eigenvalue weighted by Gasteiger charge is -2.34. The molecule has 8 heteroatoms. The molecule has 3 aromatic rings. The molecule has 154 valence electrons. The number of aromatic nitrogens is 3. The van der Waals surface area contributed by atoms with E-state index in [0.29, 0.717) is 17.3 Å². The minimum atomic E-state index is 0.571. The average Bonchev–Trinajstić information content (AvgIpc) is 3.10. The smallest absolute Gasteiger partial charge is 0.154 e. The van der Waals surface area contributed by atoms with Crippen LogP contribution in [-0.4, -0.2) is 66.7 Å². The van der Waals surface area contributed by atoms with Gasteiger partial charge in [-0.25, -0.2) is 9.97 Å². The zero-order chi connectivity index (χ0) is 20.4. The van der Waals surface area contributed by atoms with Crippen molar-refractivity contribution < 1.29 is 4.74 Å². The van der Waals surface area contributed by atoms with Gasteiger partial charge in [-0.1, -0.05) is 17.7 Å². The first-order chi connectivity index (χ1) is 14.1. The van der Waals surface area contributed by atoms with Gasteiger partial charge in [0.15, 0.2) is 5.82 Å². The second kappa shape index (κ2) is 8.47. The number of aromatic amines is 1. The van der Waals surface area contributed by atoms with Crippen molar-refractivity contribution in [2.45, 2.75) is 13.3 Å². The van der Waals surface area contributed by atoms with E-state index in [1.807, 2.05) is 6.92 Å². The van der Waals surface area contributed by atoms with E-state index < -0.39 is 0 Å². The fourth-order valence-electron chi connectivity index (χ4n) is 3.71. The number of ether oxygens (including phenoxy) is 1. The highest BCUT2D eigenvalue weighted by molar-refractivity contribution is 6.35. The Morgan fingerprint density at radius 3 is 2.72 bits per heavy atom. The number of fused-ring (bicyclic) bond motifs is 1. The highest BCUT2D eigenvalue weighted by Gasteiger charge is 2.17. The van der Waals surface area contributed by atoms with Crippen LogP contribution in [0.1, 0.15) is 18.3 Å². The van der Waals surface area contributed by atoms with E-state index in [4.69, 9.17) is 21.3 Å². The van der Waals surface area contributed by atoms with Crippen LogP contribution in [0.2, 0.25) is 5.02 Å². The van der Waals surface area contributed by atoms with Crippen molar-refractivity contribution in [1.29, 1.82) is 0 Å². The molecule has 2 aromatic heterocycles. The molecule has 1 aliphatic rings. The van der Waals surface area contributed by atoms with Crippen molar-refractivity contribution in [3.8, 4) is 5.75 Å². The fourth-order valence-corrected chi connectivity index (χ4v) is 3.90. The third kappa shape index (κ3) is 4.11. The van der Waals surface area contributed by atoms with Gasteiger partial charge in [0, 0.05) is 62.7 Å². The number of rotatable bonds is 6. The third-order valence-electron chi connectivity index (χ3n) is 5.36. The van der Waals surface area contributed by atoms with Gasteiger partial charge >= 0.3 is 0 Å². The first-order valence-electron chi connectivity index (χ1n) is 9.96. The Balaban J connectivity index is 1.62. The first-order valence-corrected chi connectivity index (χ1v) is 10.3. The Morgan fingerprint density at radius 1 is 1.21 bits per heavy atom. The van der Waals surface area contributed by atoms with E-state index in [9.17, 15) is 0 Å². The summed E-state index contributed by atoms with van der Waals surface area (Å²) in [6.07, 6.45) is 2.32. The lowest BCUT2D eigenvalue weighted by atomic mass is 10.1. The highest BCUT2D eigenvalue weighted by atomic mass is 35.5. The van der Waals surface area contributed by atoms with Gasteiger partial charge in [-0.3, -0.25) is 0 Å². The minimum absolute atomic E-state index is 0.571. The standard InChI is InChI=1S/C21H27ClN6O/c1-4-23-21-20-19(16(22)13-24-20)25-18(26-21)11-14-5-6-15(12-17(14)29-3)28-9-7-27(2)8-10-28/h5-6,12-13,24H,4,7-11H2,1-3H3,(H,23,25,26). The van der Waals surface area contributed by atoms with Crippen molar-refractivity contribution in [3.63, 3.8) is 0 Å². The first kappa shape index (κ1) is 19.8. The Kier molecular flexibility index (Phi) is 5.78. The summed E-state index contributed by atoms with van der Waals surface area (Å²) in [5.74, 6) is 2.34. The number of anilines is 2. The van der Waals surface area contributed by atoms with Gasteiger partial charge in [0.2, 0.25) is 0 Å². The maximum Gasteiger partial charge on any atom is 0.154 e. The molecule has 0 amide bonds. The van der Waals surface area contributed by atoms with Gasteiger partial charge in [0.05, 0.1) is 12.1 Å². The van der Waals surface area contributed by atoms with Crippen molar-refractivity contribution >= 4 is 34.1 Å². The van der Waals surface area contributed by atoms with Crippen LogP contribution < -0.4 is 15.0 Å². The largest absolute Gasteiger partial charge is 0.496 e. The molecule has 1 aliphatic heterocycles. The number of methoxy groups -OCH3 is 1. The number of hydrogen-bond donors (Lipinski definition) is 2. The predicted octanol–water partition coefficient (Wildman–Crippen LogP) is 3.39. The Bertz CT molecular complexity index is 996. The molecule has 0 unspecified atom stereocenters. The zero-order valence-electron chi connectivity index (χ0n) is 17.1.